The Morgan fingerprint density at radius 3 is 3.20 bits per heavy atom. The van der Waals surface area contributed by atoms with Gasteiger partial charge in [-0.1, -0.05) is 23.4 Å². The number of aliphatic hydroxyl groups excluding tert-OH is 1. The number of thioether (sulfide) groups is 1. The second-order valence-electron chi connectivity index (χ2n) is 4.64. The summed E-state index contributed by atoms with van der Waals surface area (Å²) in [6.07, 6.45) is 1.63. The van der Waals surface area contributed by atoms with Gasteiger partial charge in [0.25, 0.3) is 0 Å². The third-order valence-electron chi connectivity index (χ3n) is 3.49. The predicted octanol–water partition coefficient (Wildman–Crippen LogP) is 3.17. The van der Waals surface area contributed by atoms with E-state index < -0.39 is 0 Å². The molecule has 0 spiro atoms. The highest BCUT2D eigenvalue weighted by atomic mass is 35.5. The Kier molecular flexibility index (Phi) is 2.80. The van der Waals surface area contributed by atoms with Crippen LogP contribution in [0.3, 0.4) is 0 Å². The number of furan rings is 1. The van der Waals surface area contributed by atoms with Crippen molar-refractivity contribution in [3.05, 3.63) is 40.0 Å². The van der Waals surface area contributed by atoms with E-state index in [1.807, 2.05) is 18.2 Å². The molecule has 2 aliphatic rings. The molecule has 0 aliphatic carbocycles. The van der Waals surface area contributed by atoms with Crippen molar-refractivity contribution in [1.29, 1.82) is 0 Å². The second-order valence-corrected chi connectivity index (χ2v) is 6.11. The first kappa shape index (κ1) is 12.3. The molecule has 0 saturated heterocycles. The molecule has 1 N–H and O–H groups in total. The summed E-state index contributed by atoms with van der Waals surface area (Å²) in [6, 6.07) is 5.75. The van der Waals surface area contributed by atoms with Crippen LogP contribution in [-0.4, -0.2) is 34.9 Å². The van der Waals surface area contributed by atoms with Crippen molar-refractivity contribution in [3.8, 4) is 0 Å². The standard InChI is InChI=1S/C14H11ClN2O2S/c15-10-5-8(6-11-9(10)1-4-19-11)13-12(7-18)20-14-16-2-3-17(13)14/h1,4-6,18H,2-3,7H2. The molecule has 0 unspecified atom stereocenters. The third kappa shape index (κ3) is 1.70. The average molecular weight is 307 g/mol. The zero-order valence-electron chi connectivity index (χ0n) is 10.5. The number of hydrogen-bond acceptors (Lipinski definition) is 5. The van der Waals surface area contributed by atoms with Gasteiger partial charge in [0, 0.05) is 22.4 Å². The fourth-order valence-electron chi connectivity index (χ4n) is 2.62. The highest BCUT2D eigenvalue weighted by Gasteiger charge is 2.32. The van der Waals surface area contributed by atoms with Crippen LogP contribution in [0.4, 0.5) is 0 Å². The normalized spacial score (nSPS) is 18.1. The van der Waals surface area contributed by atoms with Crippen molar-refractivity contribution < 1.29 is 9.52 Å². The zero-order valence-corrected chi connectivity index (χ0v) is 12.0. The van der Waals surface area contributed by atoms with Gasteiger partial charge in [-0.3, -0.25) is 4.99 Å². The third-order valence-corrected chi connectivity index (χ3v) is 4.90. The highest BCUT2D eigenvalue weighted by molar-refractivity contribution is 8.17. The molecular weight excluding hydrogens is 296 g/mol. The van der Waals surface area contributed by atoms with Crippen LogP contribution in [0.2, 0.25) is 5.02 Å². The lowest BCUT2D eigenvalue weighted by molar-refractivity contribution is 0.339. The van der Waals surface area contributed by atoms with E-state index in [4.69, 9.17) is 16.0 Å². The summed E-state index contributed by atoms with van der Waals surface area (Å²) >= 11 is 7.84. The van der Waals surface area contributed by atoms with Gasteiger partial charge in [-0.2, -0.15) is 0 Å². The molecule has 4 rings (SSSR count). The number of halogens is 1. The summed E-state index contributed by atoms with van der Waals surface area (Å²) in [6.45, 7) is 1.64. The van der Waals surface area contributed by atoms with Crippen molar-refractivity contribution in [2.24, 2.45) is 4.99 Å². The van der Waals surface area contributed by atoms with E-state index in [9.17, 15) is 5.11 Å². The Bertz CT molecular complexity index is 766. The molecule has 0 radical (unpaired) electrons. The maximum atomic E-state index is 9.58. The summed E-state index contributed by atoms with van der Waals surface area (Å²) in [5.41, 5.74) is 2.71. The van der Waals surface area contributed by atoms with E-state index >= 15 is 0 Å². The van der Waals surface area contributed by atoms with E-state index in [1.165, 1.54) is 11.8 Å². The number of aliphatic imine (C=N–C) groups is 1. The van der Waals surface area contributed by atoms with Gasteiger partial charge in [-0.05, 0) is 18.2 Å². The minimum atomic E-state index is 0.00330. The Morgan fingerprint density at radius 2 is 2.35 bits per heavy atom. The van der Waals surface area contributed by atoms with Crippen LogP contribution in [0.25, 0.3) is 16.7 Å². The summed E-state index contributed by atoms with van der Waals surface area (Å²) < 4.78 is 5.45. The molecule has 2 aromatic rings. The second kappa shape index (κ2) is 4.55. The molecule has 0 bridgehead atoms. The van der Waals surface area contributed by atoms with Crippen molar-refractivity contribution in [2.45, 2.75) is 0 Å². The Labute approximate surface area is 124 Å². The molecular formula is C14H11ClN2O2S. The molecule has 0 atom stereocenters. The van der Waals surface area contributed by atoms with E-state index in [0.29, 0.717) is 5.02 Å². The van der Waals surface area contributed by atoms with Gasteiger partial charge in [0.2, 0.25) is 0 Å². The first-order chi connectivity index (χ1) is 9.78. The maximum Gasteiger partial charge on any atom is 0.168 e. The molecule has 6 heteroatoms. The number of aliphatic hydroxyl groups is 1. The van der Waals surface area contributed by atoms with Crippen LogP contribution < -0.4 is 0 Å². The van der Waals surface area contributed by atoms with E-state index in [-0.39, 0.29) is 6.61 Å². The Morgan fingerprint density at radius 1 is 1.45 bits per heavy atom. The Balaban J connectivity index is 1.90. The molecule has 0 fully saturated rings. The number of benzene rings is 1. The fourth-order valence-corrected chi connectivity index (χ4v) is 3.95. The molecule has 0 amide bonds. The first-order valence-corrected chi connectivity index (χ1v) is 7.48. The number of rotatable bonds is 2. The van der Waals surface area contributed by atoms with Crippen LogP contribution in [-0.2, 0) is 0 Å². The predicted molar refractivity (Wildman–Crippen MR) is 81.8 cm³/mol. The molecule has 102 valence electrons. The fraction of sp³-hybridized carbons (Fsp3) is 0.214. The quantitative estimate of drug-likeness (QED) is 0.926. The van der Waals surface area contributed by atoms with Gasteiger partial charge in [-0.15, -0.1) is 0 Å². The molecule has 20 heavy (non-hydrogen) atoms. The SMILES string of the molecule is OCC1=C(c2cc(Cl)c3ccoc3c2)N2CCN=C2S1. The van der Waals surface area contributed by atoms with Crippen molar-refractivity contribution in [2.75, 3.05) is 19.7 Å². The summed E-state index contributed by atoms with van der Waals surface area (Å²) in [5.74, 6) is 0. The topological polar surface area (TPSA) is 49.0 Å². The monoisotopic (exact) mass is 306 g/mol. The number of hydrogen-bond donors (Lipinski definition) is 1. The molecule has 1 aromatic heterocycles. The number of fused-ring (bicyclic) bond motifs is 2. The highest BCUT2D eigenvalue weighted by Crippen LogP contribution is 2.42. The van der Waals surface area contributed by atoms with Crippen molar-refractivity contribution in [3.63, 3.8) is 0 Å². The lowest BCUT2D eigenvalue weighted by Crippen LogP contribution is -2.20. The summed E-state index contributed by atoms with van der Waals surface area (Å²) in [4.78, 5) is 7.49. The lowest BCUT2D eigenvalue weighted by atomic mass is 10.1. The first-order valence-electron chi connectivity index (χ1n) is 6.29. The van der Waals surface area contributed by atoms with Gasteiger partial charge in [0.05, 0.1) is 30.1 Å². The van der Waals surface area contributed by atoms with Gasteiger partial charge in [-0.25, -0.2) is 0 Å². The van der Waals surface area contributed by atoms with E-state index in [1.54, 1.807) is 6.26 Å². The van der Waals surface area contributed by atoms with Gasteiger partial charge in [0.1, 0.15) is 5.58 Å². The lowest BCUT2D eigenvalue weighted by Gasteiger charge is -2.17. The smallest absolute Gasteiger partial charge is 0.168 e. The van der Waals surface area contributed by atoms with Crippen LogP contribution in [0.5, 0.6) is 0 Å². The van der Waals surface area contributed by atoms with Gasteiger partial charge in [0.15, 0.2) is 5.17 Å². The largest absolute Gasteiger partial charge is 0.464 e. The molecule has 3 heterocycles. The zero-order chi connectivity index (χ0) is 13.7. The molecule has 4 nitrogen and oxygen atoms in total. The van der Waals surface area contributed by atoms with Crippen LogP contribution in [0.1, 0.15) is 5.56 Å². The molecule has 1 aromatic carbocycles. The van der Waals surface area contributed by atoms with E-state index in [2.05, 4.69) is 9.89 Å². The van der Waals surface area contributed by atoms with E-state index in [0.717, 1.165) is 45.4 Å². The molecule has 0 saturated carbocycles. The minimum Gasteiger partial charge on any atom is -0.464 e. The number of amidine groups is 1. The van der Waals surface area contributed by atoms with Gasteiger partial charge < -0.3 is 14.4 Å². The maximum absolute atomic E-state index is 9.58. The van der Waals surface area contributed by atoms with Crippen LogP contribution in [0, 0.1) is 0 Å². The van der Waals surface area contributed by atoms with Crippen LogP contribution in [0.15, 0.2) is 38.8 Å². The molecule has 2 aliphatic heterocycles. The summed E-state index contributed by atoms with van der Waals surface area (Å²) in [7, 11) is 0. The van der Waals surface area contributed by atoms with Crippen molar-refractivity contribution >= 4 is 45.2 Å². The van der Waals surface area contributed by atoms with Crippen molar-refractivity contribution in [1.82, 2.24) is 4.90 Å². The number of nitrogens with zero attached hydrogens (tertiary/aromatic N) is 2. The summed E-state index contributed by atoms with van der Waals surface area (Å²) in [5, 5.41) is 12.1. The minimum absolute atomic E-state index is 0.00330. The van der Waals surface area contributed by atoms with Gasteiger partial charge >= 0.3 is 0 Å². The van der Waals surface area contributed by atoms with Crippen LogP contribution >= 0.6 is 23.4 Å². The average Bonchev–Trinajstić information content (AvgIpc) is 3.12. The Hall–Kier alpha value is -1.43.